The molecular formula is C85H110BrCl5N5NaO7S5. The van der Waals surface area contributed by atoms with Gasteiger partial charge in [0.25, 0.3) is 20.0 Å². The Morgan fingerprint density at radius 3 is 1.24 bits per heavy atom. The maximum atomic E-state index is 12.5. The van der Waals surface area contributed by atoms with E-state index in [9.17, 15) is 16.8 Å². The molecule has 0 saturated heterocycles. The van der Waals surface area contributed by atoms with Crippen molar-refractivity contribution < 1.29 is 61.7 Å². The first-order valence-corrected chi connectivity index (χ1v) is 42.0. The van der Waals surface area contributed by atoms with Crippen molar-refractivity contribution >= 4 is 159 Å². The number of nitriles is 1. The molecule has 24 heteroatoms. The van der Waals surface area contributed by atoms with E-state index in [1.54, 1.807) is 78.9 Å². The molecule has 0 fully saturated rings. The van der Waals surface area contributed by atoms with Crippen LogP contribution in [0.15, 0.2) is 183 Å². The number of halogens is 6. The average Bonchev–Trinajstić information content (AvgIpc) is 0.841. The first-order chi connectivity index (χ1) is 49.4. The van der Waals surface area contributed by atoms with Crippen molar-refractivity contribution in [1.82, 2.24) is 0 Å². The molecule has 9 aromatic carbocycles. The van der Waals surface area contributed by atoms with Crippen molar-refractivity contribution in [3.63, 3.8) is 0 Å². The molecule has 9 aromatic rings. The number of nitrogens with zero attached hydrogens (tertiary/aromatic N) is 1. The number of alkyl halides is 1. The van der Waals surface area contributed by atoms with E-state index < -0.39 is 20.0 Å². The second-order valence-corrected chi connectivity index (χ2v) is 34.8. The van der Waals surface area contributed by atoms with Crippen LogP contribution in [0.2, 0.25) is 20.1 Å². The van der Waals surface area contributed by atoms with Crippen LogP contribution >= 0.6 is 111 Å². The summed E-state index contributed by atoms with van der Waals surface area (Å²) in [5, 5.41) is 19.5. The van der Waals surface area contributed by atoms with Crippen LogP contribution in [0.1, 0.15) is 203 Å². The van der Waals surface area contributed by atoms with Gasteiger partial charge in [-0.25, -0.2) is 16.8 Å². The van der Waals surface area contributed by atoms with Gasteiger partial charge in [0.2, 0.25) is 4.38 Å². The molecule has 0 heterocycles. The van der Waals surface area contributed by atoms with E-state index in [0.29, 0.717) is 62.1 Å². The third kappa shape index (κ3) is 37.6. The van der Waals surface area contributed by atoms with Gasteiger partial charge >= 0.3 is 29.6 Å². The number of nitrogens with one attached hydrogen (secondary N) is 2. The van der Waals surface area contributed by atoms with Crippen LogP contribution in [0.5, 0.6) is 5.75 Å². The van der Waals surface area contributed by atoms with E-state index in [0.717, 1.165) is 86.3 Å². The SMILES string of the molecule is CCOC(=S)Sc1cc(Cl)c(C)cc1C(C)C.Cc1cc(C(C)C)c(N)cc1Cl.Cc1cc(C(C)C)c(S)cc1Cl.Cc1ccc(N)c(C(C)C)c1.Cc1ccc(S(=O)(=O)Nc2cc(Cl)c(C)cc2C(C)C)cc1.Cc1ccc(S(=O)(=O)Nc2ccc(C)cc2C(C)C)cc1.Cl.N#CCBr.Oc1ccccc1.[Na+].[OH-]. The van der Waals surface area contributed by atoms with Gasteiger partial charge in [-0.15, -0.1) is 25.0 Å². The molecule has 0 saturated carbocycles. The minimum Gasteiger partial charge on any atom is -0.870 e. The average molecular weight is 1750 g/mol. The van der Waals surface area contributed by atoms with E-state index in [2.05, 4.69) is 138 Å². The van der Waals surface area contributed by atoms with Crippen LogP contribution in [0.4, 0.5) is 22.7 Å². The van der Waals surface area contributed by atoms with Crippen molar-refractivity contribution in [3.8, 4) is 11.8 Å². The normalized spacial score (nSPS) is 10.5. The van der Waals surface area contributed by atoms with Crippen molar-refractivity contribution in [2.24, 2.45) is 0 Å². The number of thioether (sulfide) groups is 1. The zero-order chi connectivity index (χ0) is 80.7. The molecule has 0 amide bonds. The number of sulfonamides is 2. The van der Waals surface area contributed by atoms with Gasteiger partial charge in [0, 0.05) is 41.3 Å². The summed E-state index contributed by atoms with van der Waals surface area (Å²) in [5.41, 5.74) is 30.1. The molecule has 9 rings (SSSR count). The largest absolute Gasteiger partial charge is 1.00 e. The molecule has 0 spiro atoms. The van der Waals surface area contributed by atoms with Crippen molar-refractivity contribution in [1.29, 1.82) is 5.26 Å². The third-order valence-corrected chi connectivity index (χ3v) is 22.2. The fourth-order valence-electron chi connectivity index (χ4n) is 9.82. The van der Waals surface area contributed by atoms with Crippen molar-refractivity contribution in [2.75, 3.05) is 32.8 Å². The monoisotopic (exact) mass is 1750 g/mol. The quantitative estimate of drug-likeness (QED) is 0.0149. The summed E-state index contributed by atoms with van der Waals surface area (Å²) >= 11 is 38.0. The Morgan fingerprint density at radius 2 is 0.844 bits per heavy atom. The summed E-state index contributed by atoms with van der Waals surface area (Å²) in [5.74, 6) is 2.69. The van der Waals surface area contributed by atoms with E-state index in [1.165, 1.54) is 39.6 Å². The zero-order valence-electron chi connectivity index (χ0n) is 66.9. The van der Waals surface area contributed by atoms with Gasteiger partial charge in [0.05, 0.1) is 39.2 Å². The molecule has 12 nitrogen and oxygen atoms in total. The summed E-state index contributed by atoms with van der Waals surface area (Å²) in [4.78, 5) is 2.60. The Bertz CT molecular complexity index is 4510. The Hall–Kier alpha value is -5.15. The number of para-hydroxylation sites is 1. The number of rotatable bonds is 14. The van der Waals surface area contributed by atoms with Gasteiger partial charge < -0.3 is 26.8 Å². The number of thiocarbonyl (C=S) groups is 1. The molecule has 0 bridgehead atoms. The Kier molecular flexibility index (Phi) is 50.8. The van der Waals surface area contributed by atoms with Gasteiger partial charge in [-0.2, -0.15) is 5.26 Å². The van der Waals surface area contributed by atoms with Crippen LogP contribution in [0, 0.1) is 66.7 Å². The van der Waals surface area contributed by atoms with Crippen LogP contribution in [-0.2, 0) is 24.8 Å². The second kappa shape index (κ2) is 52.3. The maximum absolute atomic E-state index is 12.5. The molecule has 0 aliphatic rings. The fraction of sp³-hybridized carbons (Fsp3) is 0.341. The number of phenols is 1. The van der Waals surface area contributed by atoms with Crippen molar-refractivity contribution in [2.45, 2.75) is 200 Å². The molecule has 8 N–H and O–H groups in total. The molecule has 0 atom stereocenters. The topological polar surface area (TPSA) is 228 Å². The molecule has 109 heavy (non-hydrogen) atoms. The number of hydrogen-bond acceptors (Lipinski definition) is 13. The number of anilines is 4. The minimum atomic E-state index is -3.62. The minimum absolute atomic E-state index is 0. The molecule has 590 valence electrons. The number of aryl methyl sites for hydroxylation is 8. The first kappa shape index (κ1) is 106. The number of ether oxygens (including phenoxy) is 1. The number of aromatic hydroxyl groups is 1. The number of benzene rings is 9. The maximum Gasteiger partial charge on any atom is 1.00 e. The molecule has 0 radical (unpaired) electrons. The van der Waals surface area contributed by atoms with E-state index >= 15 is 0 Å². The van der Waals surface area contributed by atoms with Gasteiger partial charge in [-0.3, -0.25) is 9.44 Å². The number of hydrogen-bond donors (Lipinski definition) is 6. The molecule has 0 aromatic heterocycles. The molecular weight excluding hydrogens is 1640 g/mol. The summed E-state index contributed by atoms with van der Waals surface area (Å²) < 4.78 is 61.2. The van der Waals surface area contributed by atoms with Gasteiger partial charge in [-0.1, -0.05) is 259 Å². The van der Waals surface area contributed by atoms with E-state index in [-0.39, 0.29) is 69.1 Å². The molecule has 0 aliphatic heterocycles. The first-order valence-electron chi connectivity index (χ1n) is 34.7. The summed E-state index contributed by atoms with van der Waals surface area (Å²) in [6.45, 7) is 43.8. The van der Waals surface area contributed by atoms with Gasteiger partial charge in [-0.05, 0) is 250 Å². The summed E-state index contributed by atoms with van der Waals surface area (Å²) in [7, 11) is -7.17. The summed E-state index contributed by atoms with van der Waals surface area (Å²) in [6, 6.07) is 51.7. The molecule has 0 aliphatic carbocycles. The number of phenolic OH excluding ortho intramolecular Hbond substituents is 1. The molecule has 0 unspecified atom stereocenters. The fourth-order valence-corrected chi connectivity index (χ4v) is 14.6. The van der Waals surface area contributed by atoms with Crippen molar-refractivity contribution in [3.05, 3.63) is 262 Å². The Balaban J connectivity index is 0. The zero-order valence-corrected chi connectivity index (χ0v) is 78.5. The Labute approximate surface area is 725 Å². The number of nitrogen functional groups attached to an aromatic ring is 2. The smallest absolute Gasteiger partial charge is 0.870 e. The van der Waals surface area contributed by atoms with E-state index in [4.69, 9.17) is 85.2 Å². The standard InChI is InChI=1S/C17H20ClNO2S.C17H21NO2S.C13H17ClOS2.C10H14ClN.C10H13ClS.C10H15N.C6H6O.C2H2BrN.ClH.Na.H2O/c1-11(2)15-9-13(4)16(18)10-17(15)19-22(20,21)14-7-5-12(3)6-8-14;1-12(2)16-11-14(4)7-10-17(16)18-21(19,20)15-8-5-13(3)6-9-15;1-5-15-13(16)17-12-7-11(14)9(4)6-10(12)8(2)3;2*1-6(2)8-4-7(3)9(11)5-10(8)12;1-7(2)9-6-8(3)4-5-10(9)11;7-6-4-2-1-3-5-6;3-1-2-4;;;/h5-11,19H,1-4H3;5-12,18H,1-4H3;6-8H,5H2,1-4H3;4-6H,12H2,1-3H3;4-6,12H,1-3H3;4-7H,11H2,1-3H3;1-5,7H;1H2;1H;;1H2/q;;;;;;;;;+1;/p-1. The number of nitrogens with two attached hydrogens (primary N) is 2. The predicted octanol–water partition coefficient (Wildman–Crippen LogP) is 24.0. The van der Waals surface area contributed by atoms with Gasteiger partial charge in [0.1, 0.15) is 5.75 Å². The summed E-state index contributed by atoms with van der Waals surface area (Å²) in [6.07, 6.45) is 0. The Morgan fingerprint density at radius 1 is 0.505 bits per heavy atom. The number of thiol groups is 1. The van der Waals surface area contributed by atoms with E-state index in [1.807, 2.05) is 136 Å². The predicted molar refractivity (Wildman–Crippen MR) is 478 cm³/mol. The van der Waals surface area contributed by atoms with Gasteiger partial charge in [0.15, 0.2) is 0 Å². The second-order valence-electron chi connectivity index (χ2n) is 27.1. The third-order valence-electron chi connectivity index (χ3n) is 15.9. The van der Waals surface area contributed by atoms with Crippen LogP contribution < -0.4 is 50.5 Å². The van der Waals surface area contributed by atoms with Crippen LogP contribution in [-0.4, -0.2) is 43.7 Å². The van der Waals surface area contributed by atoms with Crippen LogP contribution in [0.25, 0.3) is 0 Å². The van der Waals surface area contributed by atoms with Crippen LogP contribution in [0.3, 0.4) is 0 Å².